The second kappa shape index (κ2) is 3.94. The van der Waals surface area contributed by atoms with Crippen molar-refractivity contribution in [3.8, 4) is 11.5 Å². The summed E-state index contributed by atoms with van der Waals surface area (Å²) in [6, 6.07) is 4.78. The second-order valence-corrected chi connectivity index (χ2v) is 3.53. The van der Waals surface area contributed by atoms with Gasteiger partial charge in [-0.1, -0.05) is 12.1 Å². The molecule has 2 rings (SSSR count). The van der Waals surface area contributed by atoms with Crippen LogP contribution in [0.3, 0.4) is 0 Å². The first-order valence-corrected chi connectivity index (χ1v) is 4.73. The van der Waals surface area contributed by atoms with E-state index in [1.807, 2.05) is 0 Å². The predicted octanol–water partition coefficient (Wildman–Crippen LogP) is -0.0170. The van der Waals surface area contributed by atoms with Gasteiger partial charge in [-0.2, -0.15) is 0 Å². The van der Waals surface area contributed by atoms with Gasteiger partial charge in [0.1, 0.15) is 5.75 Å². The molecule has 1 aliphatic heterocycles. The molecule has 0 aromatic heterocycles. The van der Waals surface area contributed by atoms with Crippen LogP contribution in [0.1, 0.15) is 5.56 Å². The Morgan fingerprint density at radius 3 is 3.00 bits per heavy atom. The van der Waals surface area contributed by atoms with Crippen LogP contribution in [0.4, 0.5) is 4.79 Å². The average Bonchev–Trinajstić information content (AvgIpc) is 2.20. The van der Waals surface area contributed by atoms with Crippen molar-refractivity contribution in [2.75, 3.05) is 0 Å². The van der Waals surface area contributed by atoms with Crippen molar-refractivity contribution in [1.29, 1.82) is 0 Å². The highest BCUT2D eigenvalue weighted by Gasteiger charge is 2.36. The maximum absolute atomic E-state index is 10.5. The maximum atomic E-state index is 10.5. The molecule has 1 aromatic carbocycles. The highest BCUT2D eigenvalue weighted by Crippen LogP contribution is 2.34. The molecule has 0 radical (unpaired) electrons. The monoisotopic (exact) mass is 223 g/mol. The van der Waals surface area contributed by atoms with Crippen LogP contribution in [0, 0.1) is 0 Å². The number of carboxylic acid groups (broad SMARTS) is 1. The minimum absolute atomic E-state index is 0.0645. The molecule has 0 spiro atoms. The van der Waals surface area contributed by atoms with Crippen LogP contribution in [0.25, 0.3) is 0 Å². The highest BCUT2D eigenvalue weighted by molar-refractivity contribution is 6.46. The van der Waals surface area contributed by atoms with E-state index in [4.69, 9.17) is 9.76 Å². The minimum atomic E-state index is -1.29. The zero-order valence-corrected chi connectivity index (χ0v) is 8.25. The molecule has 0 unspecified atom stereocenters. The third kappa shape index (κ3) is 1.89. The summed E-state index contributed by atoms with van der Waals surface area (Å²) in [5, 5.41) is 29.7. The molecule has 1 heterocycles. The standard InChI is InChI=1S/C9H10BNO5/c12-6-3-1-2-5-4-7(11-9(13)14)10(15)16-8(5)6/h1-3,7,11-12,15H,4H2,(H,13,14)/t7-/m1/s1. The SMILES string of the molecule is O=C(O)N[C@@H]1Cc2cccc(O)c2OB1O. The van der Waals surface area contributed by atoms with Crippen molar-refractivity contribution < 1.29 is 24.7 Å². The van der Waals surface area contributed by atoms with Gasteiger partial charge in [0, 0.05) is 0 Å². The number of phenolic OH excluding ortho intramolecular Hbond substituents is 1. The molecular formula is C9H10BNO5. The Balaban J connectivity index is 2.25. The van der Waals surface area contributed by atoms with Crippen LogP contribution in [0.2, 0.25) is 0 Å². The lowest BCUT2D eigenvalue weighted by Crippen LogP contribution is -2.52. The normalized spacial score (nSPS) is 18.6. The van der Waals surface area contributed by atoms with Crippen LogP contribution in [-0.2, 0) is 6.42 Å². The molecule has 1 amide bonds. The maximum Gasteiger partial charge on any atom is 0.547 e. The lowest BCUT2D eigenvalue weighted by Gasteiger charge is -2.27. The van der Waals surface area contributed by atoms with E-state index >= 15 is 0 Å². The molecular weight excluding hydrogens is 213 g/mol. The molecule has 16 heavy (non-hydrogen) atoms. The Labute approximate surface area is 91.6 Å². The van der Waals surface area contributed by atoms with Crippen LogP contribution < -0.4 is 9.97 Å². The Hall–Kier alpha value is -1.89. The van der Waals surface area contributed by atoms with Gasteiger partial charge in [0.2, 0.25) is 0 Å². The van der Waals surface area contributed by atoms with E-state index in [1.54, 1.807) is 12.1 Å². The number of fused-ring (bicyclic) bond motifs is 1. The van der Waals surface area contributed by atoms with Crippen molar-refractivity contribution >= 4 is 13.2 Å². The topological polar surface area (TPSA) is 99.0 Å². The van der Waals surface area contributed by atoms with Crippen LogP contribution in [-0.4, -0.2) is 34.4 Å². The summed E-state index contributed by atoms with van der Waals surface area (Å²) in [6.07, 6.45) is -0.951. The Kier molecular flexibility index (Phi) is 2.61. The number of hydrogen-bond acceptors (Lipinski definition) is 4. The van der Waals surface area contributed by atoms with Gasteiger partial charge in [0.15, 0.2) is 5.75 Å². The number of aromatic hydroxyl groups is 1. The zero-order valence-electron chi connectivity index (χ0n) is 8.25. The van der Waals surface area contributed by atoms with Gasteiger partial charge in [-0.25, -0.2) is 4.79 Å². The van der Waals surface area contributed by atoms with Crippen molar-refractivity contribution in [1.82, 2.24) is 5.32 Å². The molecule has 0 saturated carbocycles. The summed E-state index contributed by atoms with van der Waals surface area (Å²) in [5.74, 6) is -0.587. The Bertz CT molecular complexity index is 424. The zero-order chi connectivity index (χ0) is 11.7. The molecule has 6 nitrogen and oxygen atoms in total. The lowest BCUT2D eigenvalue weighted by molar-refractivity contribution is 0.190. The number of benzene rings is 1. The third-order valence-corrected chi connectivity index (χ3v) is 2.41. The van der Waals surface area contributed by atoms with E-state index in [9.17, 15) is 14.9 Å². The molecule has 0 aliphatic carbocycles. The van der Waals surface area contributed by atoms with E-state index in [-0.39, 0.29) is 17.9 Å². The quantitative estimate of drug-likeness (QED) is 0.501. The first kappa shape index (κ1) is 10.6. The fraction of sp³-hybridized carbons (Fsp3) is 0.222. The van der Waals surface area contributed by atoms with Gasteiger partial charge in [-0.15, -0.1) is 0 Å². The van der Waals surface area contributed by atoms with E-state index < -0.39 is 19.2 Å². The summed E-state index contributed by atoms with van der Waals surface area (Å²) < 4.78 is 5.06. The van der Waals surface area contributed by atoms with Gasteiger partial charge >= 0.3 is 13.2 Å². The molecule has 1 aromatic rings. The number of rotatable bonds is 1. The van der Waals surface area contributed by atoms with E-state index in [0.717, 1.165) is 0 Å². The van der Waals surface area contributed by atoms with Gasteiger partial charge in [0.05, 0.1) is 5.94 Å². The Morgan fingerprint density at radius 2 is 2.31 bits per heavy atom. The smallest absolute Gasteiger partial charge is 0.532 e. The summed E-state index contributed by atoms with van der Waals surface area (Å²) in [5.41, 5.74) is 0.657. The minimum Gasteiger partial charge on any atom is -0.532 e. The number of phenols is 1. The summed E-state index contributed by atoms with van der Waals surface area (Å²) in [7, 11) is -1.29. The van der Waals surface area contributed by atoms with Crippen molar-refractivity contribution in [2.45, 2.75) is 12.4 Å². The summed E-state index contributed by atoms with van der Waals surface area (Å²) in [6.45, 7) is 0. The average molecular weight is 223 g/mol. The molecule has 0 saturated heterocycles. The van der Waals surface area contributed by atoms with E-state index in [0.29, 0.717) is 5.56 Å². The molecule has 1 aliphatic rings. The number of amides is 1. The van der Waals surface area contributed by atoms with Crippen LogP contribution in [0.5, 0.6) is 11.5 Å². The molecule has 84 valence electrons. The molecule has 0 bridgehead atoms. The van der Waals surface area contributed by atoms with Crippen molar-refractivity contribution in [3.63, 3.8) is 0 Å². The molecule has 4 N–H and O–H groups in total. The number of hydrogen-bond donors (Lipinski definition) is 4. The fourth-order valence-electron chi connectivity index (χ4n) is 1.69. The van der Waals surface area contributed by atoms with Crippen LogP contribution >= 0.6 is 0 Å². The number of nitrogens with one attached hydrogen (secondary N) is 1. The lowest BCUT2D eigenvalue weighted by atomic mass is 9.72. The first-order chi connectivity index (χ1) is 7.58. The largest absolute Gasteiger partial charge is 0.547 e. The van der Waals surface area contributed by atoms with Crippen molar-refractivity contribution in [2.24, 2.45) is 0 Å². The van der Waals surface area contributed by atoms with Gasteiger partial charge in [0.25, 0.3) is 0 Å². The summed E-state index contributed by atoms with van der Waals surface area (Å²) >= 11 is 0. The Morgan fingerprint density at radius 1 is 1.56 bits per heavy atom. The molecule has 1 atom stereocenters. The van der Waals surface area contributed by atoms with Gasteiger partial charge in [-0.05, 0) is 18.1 Å². The summed E-state index contributed by atoms with van der Waals surface area (Å²) in [4.78, 5) is 10.5. The van der Waals surface area contributed by atoms with Gasteiger partial charge in [-0.3, -0.25) is 0 Å². The third-order valence-electron chi connectivity index (χ3n) is 2.41. The van der Waals surface area contributed by atoms with Crippen molar-refractivity contribution in [3.05, 3.63) is 23.8 Å². The molecule has 7 heteroatoms. The van der Waals surface area contributed by atoms with E-state index in [1.165, 1.54) is 6.07 Å². The second-order valence-electron chi connectivity index (χ2n) is 3.53. The molecule has 0 fully saturated rings. The van der Waals surface area contributed by atoms with E-state index in [2.05, 4.69) is 5.32 Å². The number of para-hydroxylation sites is 1. The number of carbonyl (C=O) groups is 1. The van der Waals surface area contributed by atoms with Gasteiger partial charge < -0.3 is 25.2 Å². The first-order valence-electron chi connectivity index (χ1n) is 4.73. The predicted molar refractivity (Wildman–Crippen MR) is 55.4 cm³/mol. The van der Waals surface area contributed by atoms with Crippen LogP contribution in [0.15, 0.2) is 18.2 Å². The fourth-order valence-corrected chi connectivity index (χ4v) is 1.69. The highest BCUT2D eigenvalue weighted by atomic mass is 16.5.